The predicted molar refractivity (Wildman–Crippen MR) is 172 cm³/mol. The third-order valence-corrected chi connectivity index (χ3v) is 8.86. The second kappa shape index (κ2) is 20.4. The van der Waals surface area contributed by atoms with E-state index in [-0.39, 0.29) is 0 Å². The van der Waals surface area contributed by atoms with Gasteiger partial charge in [-0.2, -0.15) is 23.5 Å². The molecule has 0 saturated carbocycles. The van der Waals surface area contributed by atoms with Gasteiger partial charge in [0.1, 0.15) is 23.6 Å². The summed E-state index contributed by atoms with van der Waals surface area (Å²) in [6.45, 7) is 4.18. The summed E-state index contributed by atoms with van der Waals surface area (Å²) in [7, 11) is 3.30. The zero-order valence-electron chi connectivity index (χ0n) is 24.7. The average Bonchev–Trinajstić information content (AvgIpc) is 3.00. The van der Waals surface area contributed by atoms with E-state index in [4.69, 9.17) is 20.9 Å². The third-order valence-electron chi connectivity index (χ3n) is 6.84. The first-order valence-corrected chi connectivity index (χ1v) is 16.4. The van der Waals surface area contributed by atoms with Crippen LogP contribution in [0.2, 0.25) is 0 Å². The summed E-state index contributed by atoms with van der Waals surface area (Å²) in [4.78, 5) is 27.1. The molecule has 0 heterocycles. The van der Waals surface area contributed by atoms with Crippen LogP contribution in [0.15, 0.2) is 48.5 Å². The molecule has 42 heavy (non-hydrogen) atoms. The zero-order chi connectivity index (χ0) is 30.7. The monoisotopic (exact) mass is 622 g/mol. The van der Waals surface area contributed by atoms with Crippen molar-refractivity contribution in [3.05, 3.63) is 59.7 Å². The number of aliphatic carboxylic acids is 2. The van der Waals surface area contributed by atoms with Crippen LogP contribution < -0.4 is 20.9 Å². The van der Waals surface area contributed by atoms with Gasteiger partial charge in [-0.1, -0.05) is 24.3 Å². The fraction of sp³-hybridized carbons (Fsp3) is 0.533. The van der Waals surface area contributed by atoms with Crippen molar-refractivity contribution in [3.63, 3.8) is 0 Å². The van der Waals surface area contributed by atoms with Crippen LogP contribution in [0.25, 0.3) is 0 Å². The quantitative estimate of drug-likeness (QED) is 0.135. The van der Waals surface area contributed by atoms with Crippen LogP contribution in [0.4, 0.5) is 0 Å². The van der Waals surface area contributed by atoms with E-state index in [0.717, 1.165) is 60.7 Å². The topological polar surface area (TPSA) is 152 Å². The third kappa shape index (κ3) is 14.6. The number of carboxylic acids is 2. The van der Waals surface area contributed by atoms with Crippen molar-refractivity contribution in [1.29, 1.82) is 0 Å². The second-order valence-electron chi connectivity index (χ2n) is 9.95. The summed E-state index contributed by atoms with van der Waals surface area (Å²) >= 11 is 3.64. The minimum absolute atomic E-state index is 0.361. The number of methoxy groups -OCH3 is 2. The van der Waals surface area contributed by atoms with Crippen molar-refractivity contribution in [2.45, 2.75) is 36.4 Å². The maximum atomic E-state index is 11.3. The van der Waals surface area contributed by atoms with E-state index in [9.17, 15) is 19.8 Å². The normalized spacial score (nSPS) is 12.8. The largest absolute Gasteiger partial charge is 0.497 e. The molecule has 2 aromatic rings. The molecular formula is C30H46N4O6S2. The number of rotatable bonds is 23. The molecule has 0 saturated heterocycles. The molecule has 12 heteroatoms. The highest BCUT2D eigenvalue weighted by Gasteiger charge is 2.17. The average molecular weight is 623 g/mol. The Morgan fingerprint density at radius 1 is 0.667 bits per heavy atom. The van der Waals surface area contributed by atoms with Gasteiger partial charge in [0.25, 0.3) is 0 Å². The van der Waals surface area contributed by atoms with Crippen LogP contribution in [-0.4, -0.2) is 109 Å². The van der Waals surface area contributed by atoms with Crippen molar-refractivity contribution >= 4 is 35.5 Å². The molecule has 0 aliphatic carbocycles. The van der Waals surface area contributed by atoms with Crippen LogP contribution in [0.1, 0.15) is 24.0 Å². The maximum Gasteiger partial charge on any atom is 0.320 e. The lowest BCUT2D eigenvalue weighted by Crippen LogP contribution is -2.42. The number of nitrogens with zero attached hydrogens (tertiary/aromatic N) is 2. The maximum absolute atomic E-state index is 11.3. The standard InChI is InChI=1S/C30H46N4O6S2/c1-39-25-7-3-23(4-8-25)21-41-19-17-33(13-11-27(31)29(35)36)15-16-34(14-12-28(32)30(37)38)18-20-42-22-24-5-9-26(40-2)10-6-24/h3-10,27-28H,11-22,31-32H2,1-2H3,(H,35,36)(H,37,38). The Bertz CT molecular complexity index is 962. The first kappa shape index (κ1) is 35.7. The molecule has 6 N–H and O–H groups in total. The lowest BCUT2D eigenvalue weighted by molar-refractivity contribution is -0.139. The number of thioether (sulfide) groups is 2. The van der Waals surface area contributed by atoms with E-state index in [0.29, 0.717) is 25.9 Å². The van der Waals surface area contributed by atoms with E-state index < -0.39 is 24.0 Å². The second-order valence-corrected chi connectivity index (χ2v) is 12.2. The van der Waals surface area contributed by atoms with Crippen molar-refractivity contribution < 1.29 is 29.3 Å². The summed E-state index contributed by atoms with van der Waals surface area (Å²) in [6, 6.07) is 14.2. The van der Waals surface area contributed by atoms with Gasteiger partial charge in [0.2, 0.25) is 0 Å². The molecule has 2 unspecified atom stereocenters. The molecule has 0 aliphatic rings. The van der Waals surface area contributed by atoms with E-state index in [1.165, 1.54) is 11.1 Å². The molecule has 0 aliphatic heterocycles. The predicted octanol–water partition coefficient (Wildman–Crippen LogP) is 3.08. The van der Waals surface area contributed by atoms with Crippen molar-refractivity contribution in [3.8, 4) is 11.5 Å². The fourth-order valence-corrected chi connectivity index (χ4v) is 5.97. The summed E-state index contributed by atoms with van der Waals surface area (Å²) in [5.74, 6) is 3.18. The highest BCUT2D eigenvalue weighted by Crippen LogP contribution is 2.18. The Balaban J connectivity index is 1.90. The Morgan fingerprint density at radius 2 is 1.02 bits per heavy atom. The Kier molecular flexibility index (Phi) is 17.4. The van der Waals surface area contributed by atoms with Gasteiger partial charge in [0, 0.05) is 62.3 Å². The lowest BCUT2D eigenvalue weighted by atomic mass is 10.2. The summed E-state index contributed by atoms with van der Waals surface area (Å²) in [5.41, 5.74) is 14.0. The van der Waals surface area contributed by atoms with Crippen LogP contribution in [0.5, 0.6) is 11.5 Å². The minimum Gasteiger partial charge on any atom is -0.497 e. The molecule has 0 fully saturated rings. The highest BCUT2D eigenvalue weighted by atomic mass is 32.2. The molecule has 2 aromatic carbocycles. The van der Waals surface area contributed by atoms with Gasteiger partial charge >= 0.3 is 11.9 Å². The summed E-state index contributed by atoms with van der Waals surface area (Å²) < 4.78 is 10.5. The molecule has 10 nitrogen and oxygen atoms in total. The number of benzene rings is 2. The van der Waals surface area contributed by atoms with Gasteiger partial charge < -0.3 is 41.0 Å². The van der Waals surface area contributed by atoms with Gasteiger partial charge in [0.05, 0.1) is 14.2 Å². The Hall–Kier alpha value is -2.48. The van der Waals surface area contributed by atoms with Gasteiger partial charge in [-0.05, 0) is 48.2 Å². The molecule has 0 amide bonds. The van der Waals surface area contributed by atoms with E-state index in [1.807, 2.05) is 47.8 Å². The molecule has 0 spiro atoms. The Labute approximate surface area is 258 Å². The van der Waals surface area contributed by atoms with Crippen LogP contribution in [-0.2, 0) is 21.1 Å². The van der Waals surface area contributed by atoms with Gasteiger partial charge in [0.15, 0.2) is 0 Å². The number of hydrogen-bond acceptors (Lipinski definition) is 10. The molecule has 0 bridgehead atoms. The van der Waals surface area contributed by atoms with Crippen molar-refractivity contribution in [1.82, 2.24) is 9.80 Å². The van der Waals surface area contributed by atoms with E-state index in [1.54, 1.807) is 14.2 Å². The van der Waals surface area contributed by atoms with Crippen molar-refractivity contribution in [2.24, 2.45) is 11.5 Å². The number of carboxylic acid groups (broad SMARTS) is 2. The SMILES string of the molecule is COc1ccc(CSCCN(CCC(N)C(=O)O)CCN(CCSCc2ccc(OC)cc2)CCC(N)C(=O)O)cc1. The van der Waals surface area contributed by atoms with Crippen LogP contribution >= 0.6 is 23.5 Å². The van der Waals surface area contributed by atoms with Crippen LogP contribution in [0, 0.1) is 0 Å². The fourth-order valence-electron chi connectivity index (χ4n) is 4.05. The molecule has 0 radical (unpaired) electrons. The number of ether oxygens (including phenoxy) is 2. The molecule has 0 aromatic heterocycles. The first-order valence-electron chi connectivity index (χ1n) is 14.0. The number of carbonyl (C=O) groups is 2. The van der Waals surface area contributed by atoms with E-state index in [2.05, 4.69) is 34.1 Å². The van der Waals surface area contributed by atoms with Gasteiger partial charge in [-0.3, -0.25) is 9.59 Å². The zero-order valence-corrected chi connectivity index (χ0v) is 26.3. The first-order chi connectivity index (χ1) is 20.2. The minimum atomic E-state index is -0.998. The van der Waals surface area contributed by atoms with Crippen LogP contribution in [0.3, 0.4) is 0 Å². The van der Waals surface area contributed by atoms with Crippen molar-refractivity contribution in [2.75, 3.05) is 65.0 Å². The molecule has 2 rings (SSSR count). The smallest absolute Gasteiger partial charge is 0.320 e. The molecule has 234 valence electrons. The number of nitrogens with two attached hydrogens (primary N) is 2. The highest BCUT2D eigenvalue weighted by molar-refractivity contribution is 7.98. The van der Waals surface area contributed by atoms with Gasteiger partial charge in [-0.15, -0.1) is 0 Å². The molecule has 2 atom stereocenters. The van der Waals surface area contributed by atoms with Gasteiger partial charge in [-0.25, -0.2) is 0 Å². The van der Waals surface area contributed by atoms with E-state index >= 15 is 0 Å². The summed E-state index contributed by atoms with van der Waals surface area (Å²) in [5, 5.41) is 18.5. The Morgan fingerprint density at radius 3 is 1.33 bits per heavy atom. The molecular weight excluding hydrogens is 576 g/mol. The number of hydrogen-bond donors (Lipinski definition) is 4. The lowest BCUT2D eigenvalue weighted by Gasteiger charge is -2.28. The summed E-state index contributed by atoms with van der Waals surface area (Å²) in [6.07, 6.45) is 0.722.